The van der Waals surface area contributed by atoms with Gasteiger partial charge in [-0.1, -0.05) is 26.7 Å². The van der Waals surface area contributed by atoms with Crippen LogP contribution in [0, 0.1) is 11.8 Å². The van der Waals surface area contributed by atoms with E-state index in [4.69, 9.17) is 0 Å². The number of rotatable bonds is 5. The summed E-state index contributed by atoms with van der Waals surface area (Å²) in [4.78, 5) is 11.0. The van der Waals surface area contributed by atoms with Crippen molar-refractivity contribution in [2.24, 2.45) is 11.8 Å². The molecule has 2 unspecified atom stereocenters. The van der Waals surface area contributed by atoms with E-state index in [-0.39, 0.29) is 5.97 Å². The molecular weight excluding hydrogens is 202 g/mol. The van der Waals surface area contributed by atoms with Gasteiger partial charge in [0.2, 0.25) is 0 Å². The van der Waals surface area contributed by atoms with Crippen molar-refractivity contribution in [1.29, 1.82) is 0 Å². The number of ether oxygens (including phenoxy) is 1. The Morgan fingerprint density at radius 1 is 1.44 bits per heavy atom. The summed E-state index contributed by atoms with van der Waals surface area (Å²) >= 11 is 0. The fourth-order valence-electron chi connectivity index (χ4n) is 2.66. The van der Waals surface area contributed by atoms with Crippen LogP contribution >= 0.6 is 0 Å². The molecule has 94 valence electrons. The molecule has 16 heavy (non-hydrogen) atoms. The molecule has 0 heterocycles. The number of hydrogen-bond acceptors (Lipinski definition) is 3. The minimum Gasteiger partial charge on any atom is -0.468 e. The molecular formula is C13H25NO2. The number of nitrogens with one attached hydrogen (secondary N) is 1. The summed E-state index contributed by atoms with van der Waals surface area (Å²) in [5, 5.41) is 3.30. The van der Waals surface area contributed by atoms with E-state index in [0.29, 0.717) is 12.6 Å². The van der Waals surface area contributed by atoms with Gasteiger partial charge in [-0.15, -0.1) is 0 Å². The van der Waals surface area contributed by atoms with Gasteiger partial charge in [-0.3, -0.25) is 4.79 Å². The number of hydrogen-bond donors (Lipinski definition) is 1. The normalized spacial score (nSPS) is 25.8. The van der Waals surface area contributed by atoms with Crippen LogP contribution in [0.4, 0.5) is 0 Å². The van der Waals surface area contributed by atoms with Crippen LogP contribution < -0.4 is 5.32 Å². The first kappa shape index (κ1) is 13.5. The molecule has 0 aromatic rings. The van der Waals surface area contributed by atoms with Crippen LogP contribution in [0.1, 0.15) is 46.0 Å². The third kappa shape index (κ3) is 4.97. The van der Waals surface area contributed by atoms with Crippen LogP contribution in [0.25, 0.3) is 0 Å². The van der Waals surface area contributed by atoms with Gasteiger partial charge in [0.25, 0.3) is 0 Å². The molecule has 0 spiro atoms. The van der Waals surface area contributed by atoms with Gasteiger partial charge in [0.1, 0.15) is 0 Å². The van der Waals surface area contributed by atoms with Crippen LogP contribution in [0.15, 0.2) is 0 Å². The molecule has 0 saturated heterocycles. The molecule has 3 heteroatoms. The van der Waals surface area contributed by atoms with Crippen LogP contribution in [-0.4, -0.2) is 25.7 Å². The average molecular weight is 227 g/mol. The maximum absolute atomic E-state index is 11.0. The zero-order valence-corrected chi connectivity index (χ0v) is 10.8. The van der Waals surface area contributed by atoms with Crippen LogP contribution in [0.5, 0.6) is 0 Å². The van der Waals surface area contributed by atoms with E-state index in [2.05, 4.69) is 23.9 Å². The maximum atomic E-state index is 11.0. The average Bonchev–Trinajstić information content (AvgIpc) is 2.25. The molecule has 3 nitrogen and oxygen atoms in total. The van der Waals surface area contributed by atoms with E-state index in [9.17, 15) is 4.79 Å². The Hall–Kier alpha value is -0.570. The Morgan fingerprint density at radius 3 is 2.81 bits per heavy atom. The molecule has 0 bridgehead atoms. The van der Waals surface area contributed by atoms with Crippen molar-refractivity contribution < 1.29 is 9.53 Å². The molecule has 1 fully saturated rings. The molecule has 1 aliphatic carbocycles. The predicted octanol–water partition coefficient (Wildman–Crippen LogP) is 2.35. The highest BCUT2D eigenvalue weighted by Gasteiger charge is 2.22. The van der Waals surface area contributed by atoms with Gasteiger partial charge in [0, 0.05) is 6.04 Å². The van der Waals surface area contributed by atoms with Gasteiger partial charge in [0.05, 0.1) is 13.7 Å². The van der Waals surface area contributed by atoms with Gasteiger partial charge >= 0.3 is 5.97 Å². The summed E-state index contributed by atoms with van der Waals surface area (Å²) < 4.78 is 4.63. The van der Waals surface area contributed by atoms with E-state index < -0.39 is 0 Å². The summed E-state index contributed by atoms with van der Waals surface area (Å²) in [7, 11) is 1.44. The van der Waals surface area contributed by atoms with Crippen molar-refractivity contribution in [3.63, 3.8) is 0 Å². The lowest BCUT2D eigenvalue weighted by Gasteiger charge is -2.30. The van der Waals surface area contributed by atoms with Crippen molar-refractivity contribution in [2.45, 2.75) is 52.0 Å². The lowest BCUT2D eigenvalue weighted by atomic mass is 9.81. The van der Waals surface area contributed by atoms with Crippen molar-refractivity contribution >= 4 is 5.97 Å². The minimum atomic E-state index is -0.161. The second-order valence-electron chi connectivity index (χ2n) is 5.32. The highest BCUT2D eigenvalue weighted by molar-refractivity contribution is 5.71. The Bertz CT molecular complexity index is 216. The highest BCUT2D eigenvalue weighted by atomic mass is 16.5. The van der Waals surface area contributed by atoms with Crippen LogP contribution in [0.2, 0.25) is 0 Å². The first-order valence-corrected chi connectivity index (χ1v) is 6.42. The smallest absolute Gasteiger partial charge is 0.319 e. The molecule has 1 saturated carbocycles. The summed E-state index contributed by atoms with van der Waals surface area (Å²) in [6.07, 6.45) is 6.38. The molecule has 2 atom stereocenters. The molecule has 0 radical (unpaired) electrons. The second-order valence-corrected chi connectivity index (χ2v) is 5.32. The largest absolute Gasteiger partial charge is 0.468 e. The molecule has 0 amide bonds. The Morgan fingerprint density at radius 2 is 2.19 bits per heavy atom. The SMILES string of the molecule is COC(=O)CNC1CCCC(CC(C)C)C1. The summed E-state index contributed by atoms with van der Waals surface area (Å²) in [6, 6.07) is 0.511. The Labute approximate surface area is 98.9 Å². The van der Waals surface area contributed by atoms with E-state index in [0.717, 1.165) is 11.8 Å². The van der Waals surface area contributed by atoms with Crippen LogP contribution in [0.3, 0.4) is 0 Å². The van der Waals surface area contributed by atoms with E-state index in [1.54, 1.807) is 0 Å². The standard InChI is InChI=1S/C13H25NO2/c1-10(2)7-11-5-4-6-12(8-11)14-9-13(15)16-3/h10-12,14H,4-9H2,1-3H3. The maximum Gasteiger partial charge on any atom is 0.319 e. The molecule has 1 aliphatic rings. The van der Waals surface area contributed by atoms with Crippen molar-refractivity contribution in [3.05, 3.63) is 0 Å². The quantitative estimate of drug-likeness (QED) is 0.733. The Kier molecular flexibility index (Phi) is 5.81. The van der Waals surface area contributed by atoms with Crippen LogP contribution in [-0.2, 0) is 9.53 Å². The van der Waals surface area contributed by atoms with E-state index in [1.807, 2.05) is 0 Å². The zero-order chi connectivity index (χ0) is 12.0. The van der Waals surface area contributed by atoms with Gasteiger partial charge in [-0.2, -0.15) is 0 Å². The zero-order valence-electron chi connectivity index (χ0n) is 10.8. The topological polar surface area (TPSA) is 38.3 Å². The van der Waals surface area contributed by atoms with Gasteiger partial charge < -0.3 is 10.1 Å². The highest BCUT2D eigenvalue weighted by Crippen LogP contribution is 2.29. The third-order valence-corrected chi connectivity index (χ3v) is 3.35. The van der Waals surface area contributed by atoms with Crippen molar-refractivity contribution in [2.75, 3.05) is 13.7 Å². The molecule has 0 aromatic carbocycles. The second kappa shape index (κ2) is 6.89. The van der Waals surface area contributed by atoms with Gasteiger partial charge in [-0.05, 0) is 31.1 Å². The number of methoxy groups -OCH3 is 1. The number of carbonyl (C=O) groups excluding carboxylic acids is 1. The summed E-state index contributed by atoms with van der Waals surface area (Å²) in [5.74, 6) is 1.46. The molecule has 0 aromatic heterocycles. The first-order valence-electron chi connectivity index (χ1n) is 6.42. The Balaban J connectivity index is 2.24. The predicted molar refractivity (Wildman–Crippen MR) is 65.2 cm³/mol. The van der Waals surface area contributed by atoms with Crippen molar-refractivity contribution in [3.8, 4) is 0 Å². The van der Waals surface area contributed by atoms with Gasteiger partial charge in [-0.25, -0.2) is 0 Å². The third-order valence-electron chi connectivity index (χ3n) is 3.35. The summed E-state index contributed by atoms with van der Waals surface area (Å²) in [6.45, 7) is 4.92. The minimum absolute atomic E-state index is 0.161. The number of esters is 1. The fourth-order valence-corrected chi connectivity index (χ4v) is 2.66. The molecule has 1 rings (SSSR count). The lowest BCUT2D eigenvalue weighted by molar-refractivity contribution is -0.139. The van der Waals surface area contributed by atoms with E-state index >= 15 is 0 Å². The number of carbonyl (C=O) groups is 1. The van der Waals surface area contributed by atoms with Gasteiger partial charge in [0.15, 0.2) is 0 Å². The van der Waals surface area contributed by atoms with E-state index in [1.165, 1.54) is 39.2 Å². The first-order chi connectivity index (χ1) is 7.61. The monoisotopic (exact) mass is 227 g/mol. The molecule has 0 aliphatic heterocycles. The summed E-state index contributed by atoms with van der Waals surface area (Å²) in [5.41, 5.74) is 0. The molecule has 1 N–H and O–H groups in total. The lowest BCUT2D eigenvalue weighted by Crippen LogP contribution is -2.37. The fraction of sp³-hybridized carbons (Fsp3) is 0.923. The van der Waals surface area contributed by atoms with Crippen molar-refractivity contribution in [1.82, 2.24) is 5.32 Å².